The van der Waals surface area contributed by atoms with E-state index in [2.05, 4.69) is 20.2 Å². The van der Waals surface area contributed by atoms with E-state index in [0.717, 1.165) is 43.7 Å². The fraction of sp³-hybridized carbons (Fsp3) is 0.381. The van der Waals surface area contributed by atoms with E-state index in [-0.39, 0.29) is 5.91 Å². The van der Waals surface area contributed by atoms with Crippen molar-refractivity contribution in [3.8, 4) is 0 Å². The Labute approximate surface area is 168 Å². The molecule has 3 aromatic rings. The van der Waals surface area contributed by atoms with Gasteiger partial charge < -0.3 is 14.6 Å². The van der Waals surface area contributed by atoms with Crippen molar-refractivity contribution in [2.24, 2.45) is 0 Å². The molecule has 1 amide bonds. The molecule has 2 aromatic heterocycles. The van der Waals surface area contributed by atoms with Crippen LogP contribution in [-0.2, 0) is 6.42 Å². The van der Waals surface area contributed by atoms with E-state index < -0.39 is 0 Å². The highest BCUT2D eigenvalue weighted by Crippen LogP contribution is 2.33. The average Bonchev–Trinajstić information content (AvgIpc) is 3.30. The van der Waals surface area contributed by atoms with Gasteiger partial charge in [0.05, 0.1) is 10.9 Å². The quantitative estimate of drug-likeness (QED) is 0.701. The number of benzene rings is 1. The van der Waals surface area contributed by atoms with Crippen LogP contribution >= 0.6 is 11.6 Å². The van der Waals surface area contributed by atoms with Gasteiger partial charge in [0.1, 0.15) is 17.4 Å². The largest absolute Gasteiger partial charge is 0.442 e. The number of halogens is 1. The van der Waals surface area contributed by atoms with E-state index in [0.29, 0.717) is 39.8 Å². The highest BCUT2D eigenvalue weighted by molar-refractivity contribution is 6.30. The molecule has 0 unspecified atom stereocenters. The highest BCUT2D eigenvalue weighted by Gasteiger charge is 2.26. The van der Waals surface area contributed by atoms with Crippen LogP contribution in [0.4, 0.5) is 5.82 Å². The van der Waals surface area contributed by atoms with Crippen LogP contribution in [0.25, 0.3) is 11.1 Å². The topological polar surface area (TPSA) is 71.3 Å². The van der Waals surface area contributed by atoms with E-state index >= 15 is 0 Å². The second-order valence-electron chi connectivity index (χ2n) is 7.13. The highest BCUT2D eigenvalue weighted by atomic mass is 35.5. The zero-order valence-electron chi connectivity index (χ0n) is 16.1. The van der Waals surface area contributed by atoms with Crippen LogP contribution in [0, 0.1) is 13.8 Å². The van der Waals surface area contributed by atoms with Crippen LogP contribution in [-0.4, -0.2) is 35.5 Å². The standard InChI is InChI=1S/C21H23ClN4O2/c1-13-17(20(27)23-10-9-15-5-7-16(22)8-6-15)18-19(26-11-3-4-12-26)24-14(2)25-21(18)28-13/h5-8H,3-4,9-12H2,1-2H3,(H,23,27). The molecule has 1 aromatic carbocycles. The predicted molar refractivity (Wildman–Crippen MR) is 110 cm³/mol. The Hall–Kier alpha value is -2.60. The number of aromatic nitrogens is 2. The summed E-state index contributed by atoms with van der Waals surface area (Å²) in [5, 5.41) is 4.43. The molecule has 0 aliphatic carbocycles. The minimum absolute atomic E-state index is 0.155. The maximum atomic E-state index is 13.0. The van der Waals surface area contributed by atoms with Gasteiger partial charge in [-0.25, -0.2) is 4.98 Å². The van der Waals surface area contributed by atoms with Gasteiger partial charge in [0.15, 0.2) is 0 Å². The second-order valence-corrected chi connectivity index (χ2v) is 7.57. The van der Waals surface area contributed by atoms with Crippen LogP contribution in [0.15, 0.2) is 28.7 Å². The van der Waals surface area contributed by atoms with Gasteiger partial charge in [0, 0.05) is 24.7 Å². The molecule has 7 heteroatoms. The van der Waals surface area contributed by atoms with E-state index in [1.807, 2.05) is 31.2 Å². The lowest BCUT2D eigenvalue weighted by Crippen LogP contribution is -2.27. The maximum Gasteiger partial charge on any atom is 0.255 e. The first-order chi connectivity index (χ1) is 13.5. The van der Waals surface area contributed by atoms with Crippen molar-refractivity contribution in [3.63, 3.8) is 0 Å². The smallest absolute Gasteiger partial charge is 0.255 e. The number of fused-ring (bicyclic) bond motifs is 1. The fourth-order valence-electron chi connectivity index (χ4n) is 3.69. The summed E-state index contributed by atoms with van der Waals surface area (Å²) in [6.07, 6.45) is 2.99. The molecule has 1 fully saturated rings. The van der Waals surface area contributed by atoms with Crippen molar-refractivity contribution < 1.29 is 9.21 Å². The van der Waals surface area contributed by atoms with Gasteiger partial charge >= 0.3 is 0 Å². The van der Waals surface area contributed by atoms with E-state index in [1.54, 1.807) is 6.92 Å². The molecular weight excluding hydrogens is 376 g/mol. The molecule has 146 valence electrons. The van der Waals surface area contributed by atoms with Crippen LogP contribution in [0.2, 0.25) is 5.02 Å². The summed E-state index contributed by atoms with van der Waals surface area (Å²) in [6, 6.07) is 7.65. The summed E-state index contributed by atoms with van der Waals surface area (Å²) in [7, 11) is 0. The zero-order chi connectivity index (χ0) is 19.7. The molecule has 1 saturated heterocycles. The monoisotopic (exact) mass is 398 g/mol. The fourth-order valence-corrected chi connectivity index (χ4v) is 3.81. The van der Waals surface area contributed by atoms with Crippen molar-refractivity contribution in [1.82, 2.24) is 15.3 Å². The number of furan rings is 1. The van der Waals surface area contributed by atoms with E-state index in [4.69, 9.17) is 16.0 Å². The number of nitrogens with zero attached hydrogens (tertiary/aromatic N) is 3. The lowest BCUT2D eigenvalue weighted by atomic mass is 10.1. The van der Waals surface area contributed by atoms with Gasteiger partial charge in [0.2, 0.25) is 5.71 Å². The molecule has 0 atom stereocenters. The Morgan fingerprint density at radius 3 is 2.61 bits per heavy atom. The first-order valence-corrected chi connectivity index (χ1v) is 9.96. The summed E-state index contributed by atoms with van der Waals surface area (Å²) >= 11 is 5.92. The minimum atomic E-state index is -0.155. The maximum absolute atomic E-state index is 13.0. The minimum Gasteiger partial charge on any atom is -0.442 e. The van der Waals surface area contributed by atoms with Gasteiger partial charge in [-0.05, 0) is 50.8 Å². The number of hydrogen-bond acceptors (Lipinski definition) is 5. The lowest BCUT2D eigenvalue weighted by molar-refractivity contribution is 0.0954. The molecule has 0 radical (unpaired) electrons. The zero-order valence-corrected chi connectivity index (χ0v) is 16.8. The average molecular weight is 399 g/mol. The summed E-state index contributed by atoms with van der Waals surface area (Å²) in [5.74, 6) is 1.87. The Morgan fingerprint density at radius 1 is 1.18 bits per heavy atom. The van der Waals surface area contributed by atoms with Crippen LogP contribution in [0.3, 0.4) is 0 Å². The Bertz CT molecular complexity index is 1010. The molecule has 6 nitrogen and oxygen atoms in total. The number of aryl methyl sites for hydroxylation is 2. The normalized spacial score (nSPS) is 14.0. The Kier molecular flexibility index (Phi) is 5.22. The number of carbonyl (C=O) groups excluding carboxylic acids is 1. The van der Waals surface area contributed by atoms with E-state index in [9.17, 15) is 4.79 Å². The summed E-state index contributed by atoms with van der Waals surface area (Å²) in [4.78, 5) is 24.2. The molecule has 0 spiro atoms. The Balaban J connectivity index is 1.59. The third-order valence-electron chi connectivity index (χ3n) is 5.07. The number of amides is 1. The molecule has 4 rings (SSSR count). The van der Waals surface area contributed by atoms with Gasteiger partial charge in [-0.15, -0.1) is 0 Å². The van der Waals surface area contributed by atoms with Crippen LogP contribution in [0.5, 0.6) is 0 Å². The van der Waals surface area contributed by atoms with Crippen molar-refractivity contribution in [1.29, 1.82) is 0 Å². The summed E-state index contributed by atoms with van der Waals surface area (Å²) in [5.41, 5.74) is 2.14. The van der Waals surface area contributed by atoms with Gasteiger partial charge in [-0.3, -0.25) is 4.79 Å². The molecule has 0 saturated carbocycles. The first-order valence-electron chi connectivity index (χ1n) is 9.58. The molecule has 3 heterocycles. The molecule has 0 bridgehead atoms. The SMILES string of the molecule is Cc1nc(N2CCCC2)c2c(C(=O)NCCc3ccc(Cl)cc3)c(C)oc2n1. The molecule has 1 aliphatic rings. The number of nitrogens with one attached hydrogen (secondary N) is 1. The Morgan fingerprint density at radius 2 is 1.89 bits per heavy atom. The number of carbonyl (C=O) groups is 1. The molecule has 28 heavy (non-hydrogen) atoms. The van der Waals surface area contributed by atoms with Crippen LogP contribution < -0.4 is 10.2 Å². The van der Waals surface area contributed by atoms with Crippen molar-refractivity contribution in [2.45, 2.75) is 33.1 Å². The third kappa shape index (κ3) is 3.69. The summed E-state index contributed by atoms with van der Waals surface area (Å²) in [6.45, 7) is 6.06. The van der Waals surface area contributed by atoms with Crippen molar-refractivity contribution in [2.75, 3.05) is 24.5 Å². The second kappa shape index (κ2) is 7.80. The number of rotatable bonds is 5. The number of anilines is 1. The van der Waals surface area contributed by atoms with Gasteiger partial charge in [-0.1, -0.05) is 23.7 Å². The molecule has 1 aliphatic heterocycles. The summed E-state index contributed by atoms with van der Waals surface area (Å²) < 4.78 is 5.83. The van der Waals surface area contributed by atoms with Crippen LogP contribution in [0.1, 0.15) is 40.3 Å². The first kappa shape index (κ1) is 18.7. The molecular formula is C21H23ClN4O2. The molecule has 1 N–H and O–H groups in total. The van der Waals surface area contributed by atoms with Gasteiger partial charge in [-0.2, -0.15) is 4.98 Å². The third-order valence-corrected chi connectivity index (χ3v) is 5.32. The lowest BCUT2D eigenvalue weighted by Gasteiger charge is -2.18. The van der Waals surface area contributed by atoms with Crippen molar-refractivity contribution in [3.05, 3.63) is 52.0 Å². The van der Waals surface area contributed by atoms with Crippen molar-refractivity contribution >= 4 is 34.4 Å². The number of hydrogen-bond donors (Lipinski definition) is 1. The van der Waals surface area contributed by atoms with E-state index in [1.165, 1.54) is 0 Å². The predicted octanol–water partition coefficient (Wildman–Crippen LogP) is 4.07. The van der Waals surface area contributed by atoms with Gasteiger partial charge in [0.25, 0.3) is 5.91 Å².